The summed E-state index contributed by atoms with van der Waals surface area (Å²) in [5, 5.41) is 22.8. The Morgan fingerprint density at radius 3 is 2.89 bits per heavy atom. The third kappa shape index (κ3) is 2.99. The number of nitrogens with one attached hydrogen (secondary N) is 1. The lowest BCUT2D eigenvalue weighted by Gasteiger charge is -2.44. The molecule has 1 saturated heterocycles. The molecule has 4 heterocycles. The van der Waals surface area contributed by atoms with Gasteiger partial charge in [-0.15, -0.1) is 0 Å². The largest absolute Gasteiger partial charge is 0.477 e. The average molecular weight is 370 g/mol. The van der Waals surface area contributed by atoms with Crippen LogP contribution in [0.25, 0.3) is 0 Å². The highest BCUT2D eigenvalue weighted by Gasteiger charge is 2.57. The number of hydrogen-bond acceptors (Lipinski definition) is 6. The highest BCUT2D eigenvalue weighted by atomic mass is 16.4. The molecule has 142 valence electrons. The lowest BCUT2D eigenvalue weighted by Crippen LogP contribution is -2.61. The van der Waals surface area contributed by atoms with Crippen LogP contribution < -0.4 is 5.32 Å². The van der Waals surface area contributed by atoms with E-state index in [9.17, 15) is 19.8 Å². The second kappa shape index (κ2) is 6.77. The molecular formula is C19H22N4O4. The molecule has 1 aromatic heterocycles. The summed E-state index contributed by atoms with van der Waals surface area (Å²) >= 11 is 0. The predicted octanol–water partition coefficient (Wildman–Crippen LogP) is 0.192. The van der Waals surface area contributed by atoms with Crippen molar-refractivity contribution in [2.75, 3.05) is 13.1 Å². The van der Waals surface area contributed by atoms with E-state index in [1.54, 1.807) is 19.3 Å². The van der Waals surface area contributed by atoms with Crippen LogP contribution in [-0.2, 0) is 16.0 Å². The van der Waals surface area contributed by atoms with Crippen LogP contribution in [-0.4, -0.2) is 63.0 Å². The molecule has 0 aliphatic carbocycles. The van der Waals surface area contributed by atoms with Crippen molar-refractivity contribution in [3.63, 3.8) is 0 Å². The van der Waals surface area contributed by atoms with Crippen LogP contribution in [0.3, 0.4) is 0 Å². The zero-order chi connectivity index (χ0) is 19.1. The summed E-state index contributed by atoms with van der Waals surface area (Å²) in [6, 6.07) is 3.61. The van der Waals surface area contributed by atoms with Crippen molar-refractivity contribution < 1.29 is 19.8 Å². The molecule has 1 unspecified atom stereocenters. The first kappa shape index (κ1) is 17.7. The Balaban J connectivity index is 1.51. The molecule has 0 aromatic carbocycles. The summed E-state index contributed by atoms with van der Waals surface area (Å²) in [5.41, 5.74) is 1.89. The van der Waals surface area contributed by atoms with E-state index in [2.05, 4.69) is 15.3 Å². The van der Waals surface area contributed by atoms with Crippen LogP contribution in [0.15, 0.2) is 40.8 Å². The number of carboxylic acid groups (broad SMARTS) is 1. The number of aliphatic hydroxyl groups is 1. The van der Waals surface area contributed by atoms with E-state index in [1.807, 2.05) is 12.1 Å². The molecule has 8 heteroatoms. The number of aliphatic carboxylic acids is 1. The zero-order valence-corrected chi connectivity index (χ0v) is 15.0. The molecule has 1 amide bonds. The topological polar surface area (TPSA) is 115 Å². The van der Waals surface area contributed by atoms with Crippen molar-refractivity contribution in [2.24, 2.45) is 16.8 Å². The van der Waals surface area contributed by atoms with Gasteiger partial charge in [0.25, 0.3) is 0 Å². The third-order valence-corrected chi connectivity index (χ3v) is 5.61. The minimum Gasteiger partial charge on any atom is -0.477 e. The zero-order valence-electron chi connectivity index (χ0n) is 15.0. The van der Waals surface area contributed by atoms with E-state index in [0.29, 0.717) is 25.9 Å². The average Bonchev–Trinajstić information content (AvgIpc) is 2.98. The molecule has 3 aliphatic rings. The van der Waals surface area contributed by atoms with Gasteiger partial charge in [0.2, 0.25) is 5.91 Å². The summed E-state index contributed by atoms with van der Waals surface area (Å²) in [5.74, 6) is -1.11. The molecule has 4 atom stereocenters. The van der Waals surface area contributed by atoms with Gasteiger partial charge in [-0.25, -0.2) is 4.79 Å². The number of amidine groups is 1. The van der Waals surface area contributed by atoms with E-state index in [4.69, 9.17) is 0 Å². The summed E-state index contributed by atoms with van der Waals surface area (Å²) < 4.78 is 0. The fraction of sp³-hybridized carbons (Fsp3) is 0.474. The summed E-state index contributed by atoms with van der Waals surface area (Å²) in [7, 11) is 0. The maximum atomic E-state index is 12.3. The van der Waals surface area contributed by atoms with Crippen LogP contribution in [0, 0.1) is 11.8 Å². The van der Waals surface area contributed by atoms with Gasteiger partial charge in [0, 0.05) is 37.8 Å². The van der Waals surface area contributed by atoms with Crippen molar-refractivity contribution in [1.82, 2.24) is 15.2 Å². The standard InChI is InChI=1S/C19H22N4O4/c1-10(24)16-14-6-13(17(19(26)27)23(14)18(16)25)12-8-21-15(22-9-12)5-11-3-2-4-20-7-11/h2-4,7,10,12,14,16,24H,5-6,8-9H2,1H3,(H,21,22)(H,26,27)/t10-,14-,16-/m1/s1. The number of carbonyl (C=O) groups is 2. The van der Waals surface area contributed by atoms with Crippen LogP contribution in [0.5, 0.6) is 0 Å². The van der Waals surface area contributed by atoms with Gasteiger partial charge in [-0.1, -0.05) is 6.07 Å². The maximum Gasteiger partial charge on any atom is 0.352 e. The summed E-state index contributed by atoms with van der Waals surface area (Å²) in [6.07, 6.45) is 3.89. The number of carbonyl (C=O) groups excluding carboxylic acids is 1. The minimum absolute atomic E-state index is 0.0678. The first-order valence-corrected chi connectivity index (χ1v) is 9.11. The van der Waals surface area contributed by atoms with Crippen LogP contribution >= 0.6 is 0 Å². The summed E-state index contributed by atoms with van der Waals surface area (Å²) in [6.45, 7) is 2.65. The first-order chi connectivity index (χ1) is 13.0. The number of fused-ring (bicyclic) bond motifs is 1. The Kier molecular flexibility index (Phi) is 4.43. The molecule has 1 aromatic rings. The van der Waals surface area contributed by atoms with Crippen molar-refractivity contribution in [2.45, 2.75) is 31.9 Å². The molecule has 1 fully saturated rings. The summed E-state index contributed by atoms with van der Waals surface area (Å²) in [4.78, 5) is 34.1. The van der Waals surface area contributed by atoms with Crippen molar-refractivity contribution in [1.29, 1.82) is 0 Å². The van der Waals surface area contributed by atoms with E-state index < -0.39 is 18.0 Å². The predicted molar refractivity (Wildman–Crippen MR) is 96.8 cm³/mol. The van der Waals surface area contributed by atoms with Crippen LogP contribution in [0.1, 0.15) is 18.9 Å². The normalized spacial score (nSPS) is 28.2. The number of pyridine rings is 1. The third-order valence-electron chi connectivity index (χ3n) is 5.61. The Morgan fingerprint density at radius 2 is 2.30 bits per heavy atom. The van der Waals surface area contributed by atoms with E-state index in [0.717, 1.165) is 17.0 Å². The van der Waals surface area contributed by atoms with Gasteiger partial charge in [0.05, 0.1) is 18.1 Å². The number of hydrogen-bond donors (Lipinski definition) is 3. The quantitative estimate of drug-likeness (QED) is 0.638. The van der Waals surface area contributed by atoms with Gasteiger partial charge >= 0.3 is 5.97 Å². The second-order valence-electron chi connectivity index (χ2n) is 7.33. The molecule has 0 radical (unpaired) electrons. The molecule has 27 heavy (non-hydrogen) atoms. The molecule has 0 saturated carbocycles. The van der Waals surface area contributed by atoms with Crippen LogP contribution in [0.2, 0.25) is 0 Å². The Bertz CT molecular complexity index is 833. The smallest absolute Gasteiger partial charge is 0.352 e. The molecule has 3 aliphatic heterocycles. The van der Waals surface area contributed by atoms with Crippen molar-refractivity contribution in [3.8, 4) is 0 Å². The lowest BCUT2D eigenvalue weighted by atomic mass is 9.82. The van der Waals surface area contributed by atoms with Gasteiger partial charge in [0.1, 0.15) is 11.5 Å². The number of aliphatic hydroxyl groups excluding tert-OH is 1. The number of amides is 1. The number of aromatic nitrogens is 1. The molecular weight excluding hydrogens is 348 g/mol. The Hall–Kier alpha value is -2.74. The second-order valence-corrected chi connectivity index (χ2v) is 7.33. The monoisotopic (exact) mass is 370 g/mol. The molecule has 8 nitrogen and oxygen atoms in total. The van der Waals surface area contributed by atoms with Gasteiger partial charge in [-0.05, 0) is 30.5 Å². The molecule has 3 N–H and O–H groups in total. The van der Waals surface area contributed by atoms with E-state index in [-0.39, 0.29) is 23.6 Å². The number of aliphatic imine (C=N–C) groups is 1. The fourth-order valence-electron chi connectivity index (χ4n) is 4.30. The molecule has 0 bridgehead atoms. The van der Waals surface area contributed by atoms with Gasteiger partial charge in [-0.3, -0.25) is 14.8 Å². The lowest BCUT2D eigenvalue weighted by molar-refractivity contribution is -0.161. The van der Waals surface area contributed by atoms with Crippen molar-refractivity contribution >= 4 is 17.7 Å². The fourth-order valence-corrected chi connectivity index (χ4v) is 4.30. The highest BCUT2D eigenvalue weighted by molar-refractivity contribution is 5.99. The Labute approximate surface area is 156 Å². The van der Waals surface area contributed by atoms with Gasteiger partial charge < -0.3 is 20.4 Å². The first-order valence-electron chi connectivity index (χ1n) is 9.11. The minimum atomic E-state index is -1.09. The number of rotatable bonds is 5. The van der Waals surface area contributed by atoms with Crippen molar-refractivity contribution in [3.05, 3.63) is 41.4 Å². The van der Waals surface area contributed by atoms with E-state index >= 15 is 0 Å². The molecule has 0 spiro atoms. The molecule has 4 rings (SSSR count). The highest BCUT2D eigenvalue weighted by Crippen LogP contribution is 2.45. The van der Waals surface area contributed by atoms with E-state index in [1.165, 1.54) is 4.90 Å². The number of β-lactam (4-membered cyclic amide) rings is 1. The number of carboxylic acids is 1. The van der Waals surface area contributed by atoms with Gasteiger partial charge in [0.15, 0.2) is 0 Å². The van der Waals surface area contributed by atoms with Gasteiger partial charge in [-0.2, -0.15) is 0 Å². The SMILES string of the molecule is C[C@@H](O)[C@H]1C(=O)N2C(C(=O)O)=C(C3CN=C(Cc4cccnc4)NC3)C[C@H]12. The maximum absolute atomic E-state index is 12.3. The Morgan fingerprint density at radius 1 is 1.48 bits per heavy atom. The van der Waals surface area contributed by atoms with Crippen LogP contribution in [0.4, 0.5) is 0 Å². The number of nitrogens with zero attached hydrogens (tertiary/aromatic N) is 3.